The van der Waals surface area contributed by atoms with Crippen LogP contribution in [0, 0.1) is 0 Å². The number of carbonyl (C=O) groups excluding carboxylic acids is 1. The van der Waals surface area contributed by atoms with Gasteiger partial charge in [-0.25, -0.2) is 4.68 Å². The summed E-state index contributed by atoms with van der Waals surface area (Å²) in [5.74, 6) is 0.436. The summed E-state index contributed by atoms with van der Waals surface area (Å²) in [5, 5.41) is 13.6. The summed E-state index contributed by atoms with van der Waals surface area (Å²) >= 11 is 0. The van der Waals surface area contributed by atoms with Gasteiger partial charge in [-0.15, -0.1) is 5.10 Å². The van der Waals surface area contributed by atoms with Gasteiger partial charge in [0, 0.05) is 6.54 Å². The zero-order chi connectivity index (χ0) is 14.4. The van der Waals surface area contributed by atoms with Crippen LogP contribution in [0.4, 0.5) is 5.69 Å². The van der Waals surface area contributed by atoms with Crippen LogP contribution < -0.4 is 15.4 Å². The fourth-order valence-electron chi connectivity index (χ4n) is 1.76. The lowest BCUT2D eigenvalue weighted by Gasteiger charge is -2.09. The molecule has 0 atom stereocenters. The molecule has 0 saturated carbocycles. The number of methoxy groups -OCH3 is 1. The van der Waals surface area contributed by atoms with Crippen LogP contribution in [0.3, 0.4) is 0 Å². The third kappa shape index (κ3) is 3.55. The normalized spacial score (nSPS) is 10.3. The Morgan fingerprint density at radius 3 is 2.95 bits per heavy atom. The standard InChI is InChI=1S/C13H17N5O2/c1-14-7-10-8-18(17-16-10)9-13(19)15-11-5-3-4-6-12(11)20-2/h3-6,8,14H,7,9H2,1-2H3,(H,15,19). The van der Waals surface area contributed by atoms with Gasteiger partial charge < -0.3 is 15.4 Å². The van der Waals surface area contributed by atoms with E-state index < -0.39 is 0 Å². The number of amides is 1. The minimum Gasteiger partial charge on any atom is -0.495 e. The molecule has 1 heterocycles. The summed E-state index contributed by atoms with van der Waals surface area (Å²) in [6.45, 7) is 0.725. The third-order valence-electron chi connectivity index (χ3n) is 2.63. The van der Waals surface area contributed by atoms with Gasteiger partial charge in [0.25, 0.3) is 0 Å². The molecule has 0 aliphatic carbocycles. The summed E-state index contributed by atoms with van der Waals surface area (Å²) < 4.78 is 6.67. The van der Waals surface area contributed by atoms with Crippen molar-refractivity contribution >= 4 is 11.6 Å². The van der Waals surface area contributed by atoms with Gasteiger partial charge in [0.15, 0.2) is 0 Å². The fraction of sp³-hybridized carbons (Fsp3) is 0.308. The Balaban J connectivity index is 1.97. The molecule has 2 N–H and O–H groups in total. The van der Waals surface area contributed by atoms with E-state index in [0.29, 0.717) is 18.0 Å². The lowest BCUT2D eigenvalue weighted by molar-refractivity contribution is -0.116. The molecule has 0 aliphatic rings. The van der Waals surface area contributed by atoms with Crippen LogP contribution in [0.25, 0.3) is 0 Å². The highest BCUT2D eigenvalue weighted by Gasteiger charge is 2.09. The molecule has 7 nitrogen and oxygen atoms in total. The molecule has 1 aromatic heterocycles. The van der Waals surface area contributed by atoms with Gasteiger partial charge in [0.2, 0.25) is 5.91 Å². The van der Waals surface area contributed by atoms with E-state index in [1.54, 1.807) is 25.4 Å². The number of carbonyl (C=O) groups is 1. The van der Waals surface area contributed by atoms with Crippen molar-refractivity contribution in [2.24, 2.45) is 0 Å². The molecule has 0 bridgehead atoms. The van der Waals surface area contributed by atoms with Gasteiger partial charge in [0.05, 0.1) is 24.7 Å². The number of ether oxygens (including phenoxy) is 1. The molecule has 1 amide bonds. The van der Waals surface area contributed by atoms with E-state index in [0.717, 1.165) is 5.69 Å². The zero-order valence-electron chi connectivity index (χ0n) is 11.5. The van der Waals surface area contributed by atoms with E-state index in [2.05, 4.69) is 20.9 Å². The van der Waals surface area contributed by atoms with Crippen molar-refractivity contribution in [1.29, 1.82) is 0 Å². The van der Waals surface area contributed by atoms with E-state index in [4.69, 9.17) is 4.74 Å². The van der Waals surface area contributed by atoms with Gasteiger partial charge in [-0.2, -0.15) is 0 Å². The molecule has 0 aliphatic heterocycles. The summed E-state index contributed by atoms with van der Waals surface area (Å²) in [6.07, 6.45) is 1.73. The Labute approximate surface area is 116 Å². The quantitative estimate of drug-likeness (QED) is 0.809. The van der Waals surface area contributed by atoms with Gasteiger partial charge >= 0.3 is 0 Å². The Hall–Kier alpha value is -2.41. The van der Waals surface area contributed by atoms with Crippen LogP contribution in [0.2, 0.25) is 0 Å². The minimum atomic E-state index is -0.185. The zero-order valence-corrected chi connectivity index (χ0v) is 11.5. The first-order chi connectivity index (χ1) is 9.72. The van der Waals surface area contributed by atoms with Gasteiger partial charge in [-0.3, -0.25) is 4.79 Å². The second-order valence-electron chi connectivity index (χ2n) is 4.19. The van der Waals surface area contributed by atoms with Crippen LogP contribution in [-0.2, 0) is 17.9 Å². The van der Waals surface area contributed by atoms with Crippen molar-refractivity contribution in [2.75, 3.05) is 19.5 Å². The fourth-order valence-corrected chi connectivity index (χ4v) is 1.76. The monoisotopic (exact) mass is 275 g/mol. The van der Waals surface area contributed by atoms with E-state index >= 15 is 0 Å². The van der Waals surface area contributed by atoms with Crippen molar-refractivity contribution in [3.8, 4) is 5.75 Å². The number of aromatic nitrogens is 3. The molecule has 2 aromatic rings. The molecule has 0 fully saturated rings. The topological polar surface area (TPSA) is 81.1 Å². The molecule has 106 valence electrons. The average molecular weight is 275 g/mol. The SMILES string of the molecule is CNCc1cn(CC(=O)Nc2ccccc2OC)nn1. The van der Waals surface area contributed by atoms with E-state index in [-0.39, 0.29) is 12.5 Å². The summed E-state index contributed by atoms with van der Waals surface area (Å²) in [6, 6.07) is 7.25. The number of nitrogens with one attached hydrogen (secondary N) is 2. The number of nitrogens with zero attached hydrogens (tertiary/aromatic N) is 3. The Kier molecular flexibility index (Phi) is 4.67. The van der Waals surface area contributed by atoms with Crippen molar-refractivity contribution in [3.63, 3.8) is 0 Å². The van der Waals surface area contributed by atoms with E-state index in [1.807, 2.05) is 19.2 Å². The maximum atomic E-state index is 11.9. The maximum Gasteiger partial charge on any atom is 0.246 e. The Morgan fingerprint density at radius 1 is 1.40 bits per heavy atom. The predicted molar refractivity (Wildman–Crippen MR) is 74.4 cm³/mol. The first kappa shape index (κ1) is 14.0. The van der Waals surface area contributed by atoms with Crippen molar-refractivity contribution in [2.45, 2.75) is 13.1 Å². The molecular formula is C13H17N5O2. The molecule has 20 heavy (non-hydrogen) atoms. The van der Waals surface area contributed by atoms with Crippen LogP contribution in [-0.4, -0.2) is 35.1 Å². The van der Waals surface area contributed by atoms with E-state index in [1.165, 1.54) is 4.68 Å². The van der Waals surface area contributed by atoms with Crippen molar-refractivity contribution in [3.05, 3.63) is 36.2 Å². The van der Waals surface area contributed by atoms with Gasteiger partial charge in [-0.1, -0.05) is 17.3 Å². The largest absolute Gasteiger partial charge is 0.495 e. The minimum absolute atomic E-state index is 0.106. The third-order valence-corrected chi connectivity index (χ3v) is 2.63. The molecular weight excluding hydrogens is 258 g/mol. The molecule has 2 rings (SSSR count). The number of hydrogen-bond donors (Lipinski definition) is 2. The molecule has 7 heteroatoms. The number of rotatable bonds is 6. The smallest absolute Gasteiger partial charge is 0.246 e. The van der Waals surface area contributed by atoms with Gasteiger partial charge in [0.1, 0.15) is 12.3 Å². The molecule has 0 unspecified atom stereocenters. The number of anilines is 1. The predicted octanol–water partition coefficient (Wildman–Crippen LogP) is 0.645. The molecule has 0 spiro atoms. The highest BCUT2D eigenvalue weighted by atomic mass is 16.5. The molecule has 0 saturated heterocycles. The van der Waals surface area contributed by atoms with Crippen LogP contribution in [0.5, 0.6) is 5.75 Å². The number of benzene rings is 1. The lowest BCUT2D eigenvalue weighted by atomic mass is 10.3. The first-order valence-corrected chi connectivity index (χ1v) is 6.19. The van der Waals surface area contributed by atoms with Crippen molar-refractivity contribution < 1.29 is 9.53 Å². The Morgan fingerprint density at radius 2 is 2.20 bits per heavy atom. The van der Waals surface area contributed by atoms with Crippen LogP contribution in [0.15, 0.2) is 30.5 Å². The molecule has 0 radical (unpaired) electrons. The van der Waals surface area contributed by atoms with E-state index in [9.17, 15) is 4.79 Å². The average Bonchev–Trinajstić information content (AvgIpc) is 2.87. The van der Waals surface area contributed by atoms with Gasteiger partial charge in [-0.05, 0) is 19.2 Å². The number of hydrogen-bond acceptors (Lipinski definition) is 5. The highest BCUT2D eigenvalue weighted by Crippen LogP contribution is 2.22. The van der Waals surface area contributed by atoms with Crippen LogP contribution >= 0.6 is 0 Å². The first-order valence-electron chi connectivity index (χ1n) is 6.19. The maximum absolute atomic E-state index is 11.9. The summed E-state index contributed by atoms with van der Waals surface area (Å²) in [5.41, 5.74) is 1.42. The summed E-state index contributed by atoms with van der Waals surface area (Å²) in [7, 11) is 3.39. The second-order valence-corrected chi connectivity index (χ2v) is 4.19. The van der Waals surface area contributed by atoms with Crippen molar-refractivity contribution in [1.82, 2.24) is 20.3 Å². The summed E-state index contributed by atoms with van der Waals surface area (Å²) in [4.78, 5) is 11.9. The number of para-hydroxylation sites is 2. The molecule has 1 aromatic carbocycles. The Bertz CT molecular complexity index is 582. The highest BCUT2D eigenvalue weighted by molar-refractivity contribution is 5.92. The lowest BCUT2D eigenvalue weighted by Crippen LogP contribution is -2.19. The van der Waals surface area contributed by atoms with Crippen LogP contribution in [0.1, 0.15) is 5.69 Å². The second kappa shape index (κ2) is 6.67.